The third-order valence-electron chi connectivity index (χ3n) is 5.10. The number of carbonyl (C=O) groups excluding carboxylic acids is 1. The zero-order valence-corrected chi connectivity index (χ0v) is 17.6. The molecular formula is C22H19F3N4OS. The fraction of sp³-hybridized carbons (Fsp3) is 0.227. The van der Waals surface area contributed by atoms with Crippen molar-refractivity contribution < 1.29 is 18.0 Å². The van der Waals surface area contributed by atoms with Crippen molar-refractivity contribution in [2.45, 2.75) is 29.9 Å². The number of alkyl halides is 3. The molecule has 2 heterocycles. The molecule has 4 aromatic rings. The molecule has 0 fully saturated rings. The second-order valence-electron chi connectivity index (χ2n) is 7.03. The first-order valence-corrected chi connectivity index (χ1v) is 10.5. The lowest BCUT2D eigenvalue weighted by molar-refractivity contribution is -0.147. The number of aryl methyl sites for hydroxylation is 1. The van der Waals surface area contributed by atoms with E-state index < -0.39 is 17.3 Å². The number of nitrogens with one attached hydrogen (secondary N) is 1. The molecule has 0 aliphatic rings. The highest BCUT2D eigenvalue weighted by atomic mass is 32.2. The van der Waals surface area contributed by atoms with Gasteiger partial charge in [0.2, 0.25) is 5.82 Å². The Labute approximate surface area is 180 Å². The number of H-pyrrole nitrogens is 1. The summed E-state index contributed by atoms with van der Waals surface area (Å²) in [5.74, 6) is -1.32. The van der Waals surface area contributed by atoms with Crippen LogP contribution < -0.4 is 0 Å². The first kappa shape index (κ1) is 21.2. The lowest BCUT2D eigenvalue weighted by Crippen LogP contribution is -2.14. The minimum atomic E-state index is -4.62. The molecule has 1 N–H and O–H groups in total. The number of fused-ring (bicyclic) bond motifs is 1. The highest BCUT2D eigenvalue weighted by Crippen LogP contribution is 2.40. The Hall–Kier alpha value is -3.07. The number of nitrogens with zero attached hydrogens (tertiary/aromatic N) is 3. The van der Waals surface area contributed by atoms with Crippen LogP contribution in [0.5, 0.6) is 0 Å². The fourth-order valence-electron chi connectivity index (χ4n) is 3.53. The molecule has 160 valence electrons. The number of rotatable bonds is 6. The van der Waals surface area contributed by atoms with Gasteiger partial charge in [-0.1, -0.05) is 67.2 Å². The first-order chi connectivity index (χ1) is 14.8. The van der Waals surface area contributed by atoms with E-state index in [1.165, 1.54) is 7.05 Å². The molecule has 4 rings (SSSR count). The van der Waals surface area contributed by atoms with Gasteiger partial charge >= 0.3 is 6.18 Å². The average Bonchev–Trinajstić information content (AvgIpc) is 3.35. The first-order valence-electron chi connectivity index (χ1n) is 9.62. The smallest absolute Gasteiger partial charge is 0.360 e. The maximum Gasteiger partial charge on any atom is 0.451 e. The molecule has 0 radical (unpaired) electrons. The minimum Gasteiger partial charge on any atom is -0.360 e. The summed E-state index contributed by atoms with van der Waals surface area (Å²) in [5.41, 5.74) is 3.15. The van der Waals surface area contributed by atoms with E-state index in [1.807, 2.05) is 31.2 Å². The molecule has 0 amide bonds. The van der Waals surface area contributed by atoms with E-state index in [4.69, 9.17) is 0 Å². The summed E-state index contributed by atoms with van der Waals surface area (Å²) >= 11 is 0.956. The molecule has 9 heteroatoms. The van der Waals surface area contributed by atoms with Crippen LogP contribution in [0.4, 0.5) is 13.2 Å². The van der Waals surface area contributed by atoms with Crippen LogP contribution in [0.2, 0.25) is 0 Å². The fourth-order valence-corrected chi connectivity index (χ4v) is 4.60. The average molecular weight is 444 g/mol. The molecule has 1 atom stereocenters. The zero-order chi connectivity index (χ0) is 22.2. The van der Waals surface area contributed by atoms with Crippen molar-refractivity contribution in [2.24, 2.45) is 7.05 Å². The molecule has 2 aromatic heterocycles. The molecule has 0 spiro atoms. The summed E-state index contributed by atoms with van der Waals surface area (Å²) in [6, 6.07) is 14.7. The van der Waals surface area contributed by atoms with E-state index in [-0.39, 0.29) is 10.9 Å². The second kappa shape index (κ2) is 8.22. The SMILES string of the molecule is CCc1cccc2c(C(=O)C(Sc3nnc(C(F)(F)F)n3C)c3ccccc3)c[nH]c12. The summed E-state index contributed by atoms with van der Waals surface area (Å²) in [6.45, 7) is 2.03. The van der Waals surface area contributed by atoms with Crippen molar-refractivity contribution in [3.05, 3.63) is 77.2 Å². The van der Waals surface area contributed by atoms with Crippen molar-refractivity contribution in [2.75, 3.05) is 0 Å². The third-order valence-corrected chi connectivity index (χ3v) is 6.39. The van der Waals surface area contributed by atoms with Gasteiger partial charge in [0.25, 0.3) is 0 Å². The molecule has 5 nitrogen and oxygen atoms in total. The molecule has 2 aromatic carbocycles. The van der Waals surface area contributed by atoms with Gasteiger partial charge in [-0.05, 0) is 17.5 Å². The van der Waals surface area contributed by atoms with E-state index in [2.05, 4.69) is 15.2 Å². The largest absolute Gasteiger partial charge is 0.451 e. The van der Waals surface area contributed by atoms with Gasteiger partial charge in [-0.25, -0.2) is 0 Å². The number of carbonyl (C=O) groups is 1. The van der Waals surface area contributed by atoms with Gasteiger partial charge < -0.3 is 9.55 Å². The van der Waals surface area contributed by atoms with E-state index in [1.54, 1.807) is 30.5 Å². The number of Topliss-reactive ketones (excluding diaryl/α,β-unsaturated/α-hetero) is 1. The lowest BCUT2D eigenvalue weighted by atomic mass is 10.0. The van der Waals surface area contributed by atoms with Crippen LogP contribution in [0.15, 0.2) is 59.9 Å². The predicted octanol–water partition coefficient (Wildman–Crippen LogP) is 5.59. The summed E-state index contributed by atoms with van der Waals surface area (Å²) < 4.78 is 40.3. The Bertz CT molecular complexity index is 1230. The van der Waals surface area contributed by atoms with Gasteiger partial charge in [0.1, 0.15) is 5.25 Å². The number of hydrogen-bond acceptors (Lipinski definition) is 4. The standard InChI is InChI=1S/C22H19F3N4OS/c1-3-13-10-7-11-15-16(12-26-17(13)15)18(30)19(14-8-5-4-6-9-14)31-21-28-27-20(29(21)2)22(23,24)25/h4-12,19,26H,3H2,1-2H3. The molecule has 0 saturated carbocycles. The lowest BCUT2D eigenvalue weighted by Gasteiger charge is -2.15. The maximum absolute atomic E-state index is 13.6. The van der Waals surface area contributed by atoms with Gasteiger partial charge in [-0.3, -0.25) is 4.79 Å². The Morgan fingerprint density at radius 2 is 1.87 bits per heavy atom. The van der Waals surface area contributed by atoms with Crippen LogP contribution in [0, 0.1) is 0 Å². The van der Waals surface area contributed by atoms with Crippen LogP contribution in [-0.2, 0) is 19.6 Å². The monoisotopic (exact) mass is 444 g/mol. The van der Waals surface area contributed by atoms with Gasteiger partial charge in [-0.15, -0.1) is 10.2 Å². The predicted molar refractivity (Wildman–Crippen MR) is 113 cm³/mol. The molecule has 0 aliphatic heterocycles. The number of benzene rings is 2. The summed E-state index contributed by atoms with van der Waals surface area (Å²) in [4.78, 5) is 16.8. The molecule has 0 bridgehead atoms. The number of ketones is 1. The number of hydrogen-bond donors (Lipinski definition) is 1. The highest BCUT2D eigenvalue weighted by Gasteiger charge is 2.38. The van der Waals surface area contributed by atoms with Gasteiger partial charge in [0.05, 0.1) is 0 Å². The summed E-state index contributed by atoms with van der Waals surface area (Å²) in [5, 5.41) is 7.00. The Kier molecular flexibility index (Phi) is 5.62. The third kappa shape index (κ3) is 3.97. The number of para-hydroxylation sites is 1. The zero-order valence-electron chi connectivity index (χ0n) is 16.8. The van der Waals surface area contributed by atoms with E-state index in [0.29, 0.717) is 11.1 Å². The van der Waals surface area contributed by atoms with Gasteiger partial charge in [0.15, 0.2) is 10.9 Å². The highest BCUT2D eigenvalue weighted by molar-refractivity contribution is 8.00. The van der Waals surface area contributed by atoms with Crippen molar-refractivity contribution >= 4 is 28.4 Å². The Balaban J connectivity index is 1.77. The molecule has 1 unspecified atom stereocenters. The normalized spacial score (nSPS) is 12.9. The van der Waals surface area contributed by atoms with Gasteiger partial charge in [0, 0.05) is 29.7 Å². The van der Waals surface area contributed by atoms with E-state index >= 15 is 0 Å². The molecular weight excluding hydrogens is 425 g/mol. The van der Waals surface area contributed by atoms with Crippen LogP contribution in [0.3, 0.4) is 0 Å². The Morgan fingerprint density at radius 3 is 2.52 bits per heavy atom. The van der Waals surface area contributed by atoms with Crippen LogP contribution >= 0.6 is 11.8 Å². The van der Waals surface area contributed by atoms with Crippen molar-refractivity contribution in [1.29, 1.82) is 0 Å². The molecule has 0 aliphatic carbocycles. The van der Waals surface area contributed by atoms with Crippen molar-refractivity contribution in [1.82, 2.24) is 19.7 Å². The van der Waals surface area contributed by atoms with E-state index in [9.17, 15) is 18.0 Å². The maximum atomic E-state index is 13.6. The number of aromatic amines is 1. The topological polar surface area (TPSA) is 63.6 Å². The van der Waals surface area contributed by atoms with Crippen LogP contribution in [0.1, 0.15) is 39.5 Å². The number of thioether (sulfide) groups is 1. The molecule has 31 heavy (non-hydrogen) atoms. The number of aromatic nitrogens is 4. The van der Waals surface area contributed by atoms with E-state index in [0.717, 1.165) is 39.2 Å². The van der Waals surface area contributed by atoms with Gasteiger partial charge in [-0.2, -0.15) is 13.2 Å². The number of halogens is 3. The summed E-state index contributed by atoms with van der Waals surface area (Å²) in [6.07, 6.45) is -2.15. The van der Waals surface area contributed by atoms with Crippen LogP contribution in [0.25, 0.3) is 10.9 Å². The second-order valence-corrected chi connectivity index (χ2v) is 8.10. The molecule has 0 saturated heterocycles. The quantitative estimate of drug-likeness (QED) is 0.311. The minimum absolute atomic E-state index is 0.0172. The Morgan fingerprint density at radius 1 is 1.13 bits per heavy atom. The van der Waals surface area contributed by atoms with Crippen molar-refractivity contribution in [3.8, 4) is 0 Å². The van der Waals surface area contributed by atoms with Crippen LogP contribution in [-0.4, -0.2) is 25.5 Å². The van der Waals surface area contributed by atoms with Crippen molar-refractivity contribution in [3.63, 3.8) is 0 Å². The summed E-state index contributed by atoms with van der Waals surface area (Å²) in [7, 11) is 1.25.